The van der Waals surface area contributed by atoms with Crippen molar-refractivity contribution in [3.63, 3.8) is 0 Å². The van der Waals surface area contributed by atoms with Gasteiger partial charge in [0.2, 0.25) is 0 Å². The van der Waals surface area contributed by atoms with E-state index in [9.17, 15) is 5.11 Å². The maximum atomic E-state index is 9.40. The van der Waals surface area contributed by atoms with Crippen molar-refractivity contribution in [1.29, 1.82) is 0 Å². The van der Waals surface area contributed by atoms with Crippen molar-refractivity contribution < 1.29 is 5.11 Å². The number of rotatable bonds is 2. The van der Waals surface area contributed by atoms with E-state index < -0.39 is 0 Å². The predicted molar refractivity (Wildman–Crippen MR) is 89.9 cm³/mol. The molecule has 0 bridgehead atoms. The first kappa shape index (κ1) is 13.4. The molecule has 4 rings (SSSR count). The van der Waals surface area contributed by atoms with E-state index in [0.717, 1.165) is 33.4 Å². The van der Waals surface area contributed by atoms with Crippen LogP contribution in [0.3, 0.4) is 0 Å². The van der Waals surface area contributed by atoms with Crippen LogP contribution in [-0.2, 0) is 0 Å². The molecule has 3 heterocycles. The Kier molecular flexibility index (Phi) is 3.20. The molecule has 0 aliphatic rings. The number of fused-ring (bicyclic) bond motifs is 1. The Bertz CT molecular complexity index is 967. The molecule has 1 N–H and O–H groups in total. The molecule has 0 saturated heterocycles. The summed E-state index contributed by atoms with van der Waals surface area (Å²) in [7, 11) is 0. The highest BCUT2D eigenvalue weighted by atomic mass is 16.3. The summed E-state index contributed by atoms with van der Waals surface area (Å²) in [4.78, 5) is 13.2. The van der Waals surface area contributed by atoms with E-state index in [1.165, 1.54) is 0 Å². The van der Waals surface area contributed by atoms with E-state index in [-0.39, 0.29) is 5.75 Å². The second-order valence-electron chi connectivity index (χ2n) is 5.24. The van der Waals surface area contributed by atoms with Crippen molar-refractivity contribution in [2.45, 2.75) is 0 Å². The molecule has 0 radical (unpaired) electrons. The fraction of sp³-hybridized carbons (Fsp3) is 0. The number of phenols is 1. The summed E-state index contributed by atoms with van der Waals surface area (Å²) in [6.07, 6.45) is 5.34. The van der Waals surface area contributed by atoms with E-state index in [1.54, 1.807) is 24.5 Å². The van der Waals surface area contributed by atoms with Gasteiger partial charge >= 0.3 is 0 Å². The lowest BCUT2D eigenvalue weighted by molar-refractivity contribution is 0.475. The lowest BCUT2D eigenvalue weighted by atomic mass is 10.1. The topological polar surface area (TPSA) is 58.9 Å². The summed E-state index contributed by atoms with van der Waals surface area (Å²) >= 11 is 0. The molecule has 0 saturated carbocycles. The quantitative estimate of drug-likeness (QED) is 0.606. The highest BCUT2D eigenvalue weighted by Gasteiger charge is 2.05. The third kappa shape index (κ3) is 2.62. The Morgan fingerprint density at radius 2 is 1.48 bits per heavy atom. The number of phenolic OH excluding ortho intramolecular Hbond substituents is 1. The van der Waals surface area contributed by atoms with Crippen LogP contribution in [0.25, 0.3) is 33.4 Å². The fourth-order valence-corrected chi connectivity index (χ4v) is 2.49. The maximum absolute atomic E-state index is 9.40. The number of pyridine rings is 3. The van der Waals surface area contributed by atoms with Gasteiger partial charge in [-0.25, -0.2) is 4.98 Å². The van der Waals surface area contributed by atoms with Crippen LogP contribution in [0.5, 0.6) is 5.75 Å². The van der Waals surface area contributed by atoms with Gasteiger partial charge in [0.05, 0.1) is 16.9 Å². The minimum Gasteiger partial charge on any atom is -0.508 e. The summed E-state index contributed by atoms with van der Waals surface area (Å²) in [6, 6.07) is 16.8. The SMILES string of the molecule is Oc1ccc(-c2ccc3cnc(-c4ccncc4)cc3n2)cc1. The molecule has 0 aliphatic heterocycles. The van der Waals surface area contributed by atoms with Gasteiger partial charge in [-0.2, -0.15) is 0 Å². The summed E-state index contributed by atoms with van der Waals surface area (Å²) in [5.41, 5.74) is 4.60. The van der Waals surface area contributed by atoms with Crippen LogP contribution < -0.4 is 0 Å². The van der Waals surface area contributed by atoms with Gasteiger partial charge in [0.15, 0.2) is 0 Å². The first-order valence-corrected chi connectivity index (χ1v) is 7.26. The number of hydrogen-bond donors (Lipinski definition) is 1. The van der Waals surface area contributed by atoms with Crippen LogP contribution in [0.4, 0.5) is 0 Å². The molecule has 3 aromatic heterocycles. The Balaban J connectivity index is 1.82. The van der Waals surface area contributed by atoms with E-state index in [0.29, 0.717) is 0 Å². The summed E-state index contributed by atoms with van der Waals surface area (Å²) in [5.74, 6) is 0.249. The lowest BCUT2D eigenvalue weighted by Gasteiger charge is -2.05. The second-order valence-corrected chi connectivity index (χ2v) is 5.24. The molecule has 23 heavy (non-hydrogen) atoms. The van der Waals surface area contributed by atoms with Crippen molar-refractivity contribution in [3.8, 4) is 28.3 Å². The average Bonchev–Trinajstić information content (AvgIpc) is 2.62. The van der Waals surface area contributed by atoms with Crippen molar-refractivity contribution in [2.75, 3.05) is 0 Å². The molecule has 0 atom stereocenters. The molecule has 4 nitrogen and oxygen atoms in total. The van der Waals surface area contributed by atoms with E-state index >= 15 is 0 Å². The Morgan fingerprint density at radius 3 is 2.26 bits per heavy atom. The number of nitrogens with zero attached hydrogens (tertiary/aromatic N) is 3. The van der Waals surface area contributed by atoms with E-state index in [4.69, 9.17) is 4.98 Å². The van der Waals surface area contributed by atoms with Gasteiger partial charge in [0.25, 0.3) is 0 Å². The van der Waals surface area contributed by atoms with Crippen LogP contribution in [0.1, 0.15) is 0 Å². The van der Waals surface area contributed by atoms with Crippen molar-refractivity contribution in [3.05, 3.63) is 73.2 Å². The van der Waals surface area contributed by atoms with Crippen LogP contribution in [0.2, 0.25) is 0 Å². The van der Waals surface area contributed by atoms with Crippen LogP contribution in [0.15, 0.2) is 73.2 Å². The minimum atomic E-state index is 0.249. The molecule has 0 spiro atoms. The Morgan fingerprint density at radius 1 is 0.739 bits per heavy atom. The summed E-state index contributed by atoms with van der Waals surface area (Å²) < 4.78 is 0. The van der Waals surface area contributed by atoms with Gasteiger partial charge < -0.3 is 5.11 Å². The molecule has 4 aromatic rings. The monoisotopic (exact) mass is 299 g/mol. The lowest BCUT2D eigenvalue weighted by Crippen LogP contribution is -1.89. The van der Waals surface area contributed by atoms with Gasteiger partial charge in [0.1, 0.15) is 5.75 Å². The van der Waals surface area contributed by atoms with E-state index in [2.05, 4.69) is 9.97 Å². The van der Waals surface area contributed by atoms with Gasteiger partial charge in [-0.3, -0.25) is 9.97 Å². The highest BCUT2D eigenvalue weighted by Crippen LogP contribution is 2.25. The zero-order valence-electron chi connectivity index (χ0n) is 12.2. The maximum Gasteiger partial charge on any atom is 0.115 e. The third-order valence-corrected chi connectivity index (χ3v) is 3.71. The normalized spacial score (nSPS) is 10.8. The molecule has 0 unspecified atom stereocenters. The van der Waals surface area contributed by atoms with Crippen LogP contribution in [-0.4, -0.2) is 20.1 Å². The zero-order chi connectivity index (χ0) is 15.6. The second kappa shape index (κ2) is 5.50. The van der Waals surface area contributed by atoms with Crippen molar-refractivity contribution in [2.24, 2.45) is 0 Å². The summed E-state index contributed by atoms with van der Waals surface area (Å²) in [5, 5.41) is 10.4. The largest absolute Gasteiger partial charge is 0.508 e. The van der Waals surface area contributed by atoms with Crippen LogP contribution in [0, 0.1) is 0 Å². The number of benzene rings is 1. The molecular formula is C19H13N3O. The highest BCUT2D eigenvalue weighted by molar-refractivity contribution is 5.84. The molecular weight excluding hydrogens is 286 g/mol. The molecule has 1 aromatic carbocycles. The average molecular weight is 299 g/mol. The van der Waals surface area contributed by atoms with Gasteiger partial charge in [-0.1, -0.05) is 0 Å². The van der Waals surface area contributed by atoms with E-state index in [1.807, 2.05) is 48.7 Å². The molecule has 0 aliphatic carbocycles. The number of aromatic hydroxyl groups is 1. The zero-order valence-corrected chi connectivity index (χ0v) is 12.2. The first-order chi connectivity index (χ1) is 11.3. The molecule has 0 amide bonds. The molecule has 0 fully saturated rings. The fourth-order valence-electron chi connectivity index (χ4n) is 2.49. The number of hydrogen-bond acceptors (Lipinski definition) is 4. The third-order valence-electron chi connectivity index (χ3n) is 3.71. The van der Waals surface area contributed by atoms with Crippen LogP contribution >= 0.6 is 0 Å². The molecule has 4 heteroatoms. The Labute approximate surface area is 133 Å². The summed E-state index contributed by atoms with van der Waals surface area (Å²) in [6.45, 7) is 0. The number of aromatic nitrogens is 3. The van der Waals surface area contributed by atoms with Crippen molar-refractivity contribution >= 4 is 10.9 Å². The standard InChI is InChI=1S/C19H13N3O/c23-16-4-1-13(2-5-16)17-6-3-15-12-21-18(11-19(15)22-17)14-7-9-20-10-8-14/h1-12,23H. The van der Waals surface area contributed by atoms with Gasteiger partial charge in [-0.15, -0.1) is 0 Å². The smallest absolute Gasteiger partial charge is 0.115 e. The van der Waals surface area contributed by atoms with Crippen molar-refractivity contribution in [1.82, 2.24) is 15.0 Å². The molecule has 110 valence electrons. The first-order valence-electron chi connectivity index (χ1n) is 7.26. The minimum absolute atomic E-state index is 0.249. The Hall–Kier alpha value is -3.27. The van der Waals surface area contributed by atoms with Gasteiger partial charge in [0, 0.05) is 35.1 Å². The van der Waals surface area contributed by atoms with Gasteiger partial charge in [-0.05, 0) is 54.6 Å². The predicted octanol–water partition coefficient (Wildman–Crippen LogP) is 4.06.